The van der Waals surface area contributed by atoms with Gasteiger partial charge in [-0.25, -0.2) is 5.14 Å². The van der Waals surface area contributed by atoms with E-state index >= 15 is 0 Å². The van der Waals surface area contributed by atoms with Gasteiger partial charge in [0.1, 0.15) is 19.0 Å². The van der Waals surface area contributed by atoms with E-state index < -0.39 is 20.5 Å². The quantitative estimate of drug-likeness (QED) is 0.560. The van der Waals surface area contributed by atoms with Crippen LogP contribution in [0.2, 0.25) is 0 Å². The molecule has 0 spiro atoms. The number of rotatable bonds is 5. The molecule has 0 amide bonds. The molecule has 0 fully saturated rings. The fourth-order valence-corrected chi connectivity index (χ4v) is 2.78. The SMILES string of the molecule is NC1=NS(=O)(=O)Nc2cccc(OCCOS(N)(=O)=O)c21. The van der Waals surface area contributed by atoms with Crippen LogP contribution in [0.5, 0.6) is 5.75 Å². The fraction of sp³-hybridized carbons (Fsp3) is 0.222. The maximum absolute atomic E-state index is 11.4. The van der Waals surface area contributed by atoms with Crippen LogP contribution in [0.3, 0.4) is 0 Å². The Morgan fingerprint density at radius 1 is 1.29 bits per heavy atom. The van der Waals surface area contributed by atoms with E-state index in [2.05, 4.69) is 18.4 Å². The molecule has 0 saturated carbocycles. The molecule has 0 atom stereocenters. The molecular weight excluding hydrogens is 324 g/mol. The Kier molecular flexibility index (Phi) is 4.04. The summed E-state index contributed by atoms with van der Waals surface area (Å²) in [4.78, 5) is 0. The normalized spacial score (nSPS) is 16.5. The second-order valence-electron chi connectivity index (χ2n) is 3.90. The summed E-state index contributed by atoms with van der Waals surface area (Å²) in [6.07, 6.45) is 0. The zero-order valence-corrected chi connectivity index (χ0v) is 12.1. The Morgan fingerprint density at radius 3 is 2.67 bits per heavy atom. The molecule has 21 heavy (non-hydrogen) atoms. The van der Waals surface area contributed by atoms with Gasteiger partial charge >= 0.3 is 20.5 Å². The molecule has 116 valence electrons. The highest BCUT2D eigenvalue weighted by Crippen LogP contribution is 2.30. The van der Waals surface area contributed by atoms with Crippen LogP contribution in [-0.4, -0.2) is 35.9 Å². The molecule has 0 aromatic heterocycles. The van der Waals surface area contributed by atoms with E-state index in [9.17, 15) is 16.8 Å². The molecule has 12 heteroatoms. The Bertz CT molecular complexity index is 786. The van der Waals surface area contributed by atoms with Gasteiger partial charge in [-0.3, -0.25) is 8.91 Å². The molecule has 1 aromatic carbocycles. The average molecular weight is 336 g/mol. The van der Waals surface area contributed by atoms with Gasteiger partial charge in [-0.1, -0.05) is 6.07 Å². The Morgan fingerprint density at radius 2 is 2.00 bits per heavy atom. The van der Waals surface area contributed by atoms with Crippen LogP contribution in [0, 0.1) is 0 Å². The lowest BCUT2D eigenvalue weighted by Crippen LogP contribution is -2.27. The van der Waals surface area contributed by atoms with E-state index in [1.165, 1.54) is 18.2 Å². The number of anilines is 1. The highest BCUT2D eigenvalue weighted by atomic mass is 32.2. The predicted molar refractivity (Wildman–Crippen MR) is 74.3 cm³/mol. The minimum atomic E-state index is -4.04. The summed E-state index contributed by atoms with van der Waals surface area (Å²) in [6.45, 7) is -0.432. The van der Waals surface area contributed by atoms with E-state index in [0.717, 1.165) is 0 Å². The molecule has 1 aliphatic heterocycles. The third kappa shape index (κ3) is 4.04. The molecule has 0 unspecified atom stereocenters. The van der Waals surface area contributed by atoms with Crippen LogP contribution in [0.1, 0.15) is 5.56 Å². The number of benzene rings is 1. The average Bonchev–Trinajstić information content (AvgIpc) is 2.31. The standard InChI is InChI=1S/C9H12N4O6S2/c10-9-8-6(12-21(16,17)13-9)2-1-3-7(8)18-4-5-19-20(11,14)15/h1-3,12H,4-5H2,(H2,10,13)(H2,11,14,15). The lowest BCUT2D eigenvalue weighted by molar-refractivity contribution is 0.221. The minimum Gasteiger partial charge on any atom is -0.490 e. The van der Waals surface area contributed by atoms with Gasteiger partial charge in [0.2, 0.25) is 0 Å². The lowest BCUT2D eigenvalue weighted by atomic mass is 10.1. The van der Waals surface area contributed by atoms with E-state index in [4.69, 9.17) is 10.5 Å². The van der Waals surface area contributed by atoms with E-state index in [1.54, 1.807) is 0 Å². The van der Waals surface area contributed by atoms with E-state index in [1.807, 2.05) is 0 Å². The Balaban J connectivity index is 2.17. The van der Waals surface area contributed by atoms with E-state index in [0.29, 0.717) is 0 Å². The fourth-order valence-electron chi connectivity index (χ4n) is 1.64. The van der Waals surface area contributed by atoms with Gasteiger partial charge in [-0.05, 0) is 12.1 Å². The van der Waals surface area contributed by atoms with Crippen molar-refractivity contribution in [3.05, 3.63) is 23.8 Å². The molecule has 2 rings (SSSR count). The number of ether oxygens (including phenoxy) is 1. The number of nitrogens with two attached hydrogens (primary N) is 2. The summed E-state index contributed by atoms with van der Waals surface area (Å²) in [7, 11) is -7.91. The summed E-state index contributed by atoms with van der Waals surface area (Å²) in [5.74, 6) is 0.000819. The van der Waals surface area contributed by atoms with Crippen molar-refractivity contribution >= 4 is 32.0 Å². The van der Waals surface area contributed by atoms with Gasteiger partial charge in [-0.15, -0.1) is 4.40 Å². The van der Waals surface area contributed by atoms with Crippen molar-refractivity contribution in [3.8, 4) is 5.75 Å². The van der Waals surface area contributed by atoms with Crippen LogP contribution < -0.4 is 20.3 Å². The number of hydrogen-bond acceptors (Lipinski definition) is 7. The smallest absolute Gasteiger partial charge is 0.344 e. The largest absolute Gasteiger partial charge is 0.490 e. The van der Waals surface area contributed by atoms with Gasteiger partial charge in [0.25, 0.3) is 0 Å². The summed E-state index contributed by atoms with van der Waals surface area (Å²) in [5.41, 5.74) is 6.08. The molecule has 10 nitrogen and oxygen atoms in total. The molecule has 0 aliphatic carbocycles. The van der Waals surface area contributed by atoms with Crippen LogP contribution in [0.4, 0.5) is 5.69 Å². The van der Waals surface area contributed by atoms with Gasteiger partial charge in [0.05, 0.1) is 11.3 Å². The first kappa shape index (κ1) is 15.5. The van der Waals surface area contributed by atoms with Crippen molar-refractivity contribution in [2.75, 3.05) is 17.9 Å². The third-order valence-electron chi connectivity index (χ3n) is 2.33. The van der Waals surface area contributed by atoms with Crippen molar-refractivity contribution < 1.29 is 25.8 Å². The third-order valence-corrected chi connectivity index (χ3v) is 3.74. The van der Waals surface area contributed by atoms with Crippen LogP contribution in [0.15, 0.2) is 22.6 Å². The number of nitrogens with one attached hydrogen (secondary N) is 1. The highest BCUT2D eigenvalue weighted by molar-refractivity contribution is 7.91. The van der Waals surface area contributed by atoms with Crippen molar-refractivity contribution in [3.63, 3.8) is 0 Å². The minimum absolute atomic E-state index is 0.132. The van der Waals surface area contributed by atoms with Gasteiger partial charge in [0, 0.05) is 0 Å². The number of nitrogens with zero attached hydrogens (tertiary/aromatic N) is 1. The first-order valence-electron chi connectivity index (χ1n) is 5.49. The second-order valence-corrected chi connectivity index (χ2v) is 6.45. The first-order valence-corrected chi connectivity index (χ1v) is 8.40. The van der Waals surface area contributed by atoms with Crippen LogP contribution >= 0.6 is 0 Å². The van der Waals surface area contributed by atoms with Crippen molar-refractivity contribution in [1.82, 2.24) is 0 Å². The molecule has 1 aromatic rings. The van der Waals surface area contributed by atoms with Gasteiger partial charge in [-0.2, -0.15) is 16.8 Å². The number of amidine groups is 1. The van der Waals surface area contributed by atoms with Crippen molar-refractivity contribution in [1.29, 1.82) is 0 Å². The predicted octanol–water partition coefficient (Wildman–Crippen LogP) is -1.34. The molecule has 0 radical (unpaired) electrons. The molecule has 0 saturated heterocycles. The van der Waals surface area contributed by atoms with Crippen molar-refractivity contribution in [2.45, 2.75) is 0 Å². The molecule has 1 heterocycles. The number of hydrogen-bond donors (Lipinski definition) is 3. The van der Waals surface area contributed by atoms with Crippen LogP contribution in [0.25, 0.3) is 0 Å². The molecule has 1 aliphatic rings. The summed E-state index contributed by atoms with van der Waals surface area (Å²) in [6, 6.07) is 4.55. The maximum atomic E-state index is 11.4. The topological polar surface area (TPSA) is 163 Å². The van der Waals surface area contributed by atoms with Crippen molar-refractivity contribution in [2.24, 2.45) is 15.3 Å². The zero-order valence-electron chi connectivity index (χ0n) is 10.5. The molecule has 0 bridgehead atoms. The first-order chi connectivity index (χ1) is 9.68. The van der Waals surface area contributed by atoms with Gasteiger partial charge in [0.15, 0.2) is 5.84 Å². The molecular formula is C9H12N4O6S2. The molecule has 5 N–H and O–H groups in total. The highest BCUT2D eigenvalue weighted by Gasteiger charge is 2.24. The summed E-state index contributed by atoms with van der Waals surface area (Å²) in [5, 5.41) is 4.66. The van der Waals surface area contributed by atoms with E-state index in [-0.39, 0.29) is 36.0 Å². The second kappa shape index (κ2) is 5.48. The Labute approximate surface area is 121 Å². The Hall–Kier alpha value is -1.89. The lowest BCUT2D eigenvalue weighted by Gasteiger charge is -2.18. The zero-order chi connectivity index (χ0) is 15.7. The maximum Gasteiger partial charge on any atom is 0.344 e. The van der Waals surface area contributed by atoms with Gasteiger partial charge < -0.3 is 10.5 Å². The number of fused-ring (bicyclic) bond motifs is 1. The monoisotopic (exact) mass is 336 g/mol. The summed E-state index contributed by atoms with van der Waals surface area (Å²) >= 11 is 0. The summed E-state index contributed by atoms with van der Waals surface area (Å²) < 4.78 is 59.1. The van der Waals surface area contributed by atoms with Crippen LogP contribution in [-0.2, 0) is 24.7 Å².